The number of nitrogens with zero attached hydrogens (tertiary/aromatic N) is 5. The van der Waals surface area contributed by atoms with Gasteiger partial charge >= 0.3 is 0 Å². The summed E-state index contributed by atoms with van der Waals surface area (Å²) in [5, 5.41) is 5.24. The fourth-order valence-electron chi connectivity index (χ4n) is 2.12. The lowest BCUT2D eigenvalue weighted by Crippen LogP contribution is -2.28. The maximum Gasteiger partial charge on any atom is 0.163 e. The summed E-state index contributed by atoms with van der Waals surface area (Å²) in [6, 6.07) is 0.590. The molecule has 1 aliphatic rings. The highest BCUT2D eigenvalue weighted by Crippen LogP contribution is 2.33. The highest BCUT2D eigenvalue weighted by molar-refractivity contribution is 6.18. The molecular formula is C11H14ClN5. The Bertz CT molecular complexity index is 534. The predicted molar refractivity (Wildman–Crippen MR) is 67.4 cm³/mol. The Balaban J connectivity index is 2.08. The van der Waals surface area contributed by atoms with E-state index in [-0.39, 0.29) is 0 Å². The number of fused-ring (bicyclic) bond motifs is 1. The molecular weight excluding hydrogens is 238 g/mol. The molecule has 0 amide bonds. The zero-order valence-electron chi connectivity index (χ0n) is 9.67. The van der Waals surface area contributed by atoms with Crippen molar-refractivity contribution in [2.45, 2.75) is 18.9 Å². The maximum atomic E-state index is 5.87. The number of rotatable bonds is 4. The van der Waals surface area contributed by atoms with E-state index in [4.69, 9.17) is 11.6 Å². The minimum absolute atomic E-state index is 0.590. The summed E-state index contributed by atoms with van der Waals surface area (Å²) in [5.74, 6) is 1.58. The van der Waals surface area contributed by atoms with Crippen LogP contribution < -0.4 is 4.90 Å². The van der Waals surface area contributed by atoms with Crippen molar-refractivity contribution in [3.05, 3.63) is 12.5 Å². The fourth-order valence-corrected chi connectivity index (χ4v) is 2.30. The van der Waals surface area contributed by atoms with Crippen LogP contribution in [0.4, 0.5) is 5.82 Å². The van der Waals surface area contributed by atoms with E-state index in [1.165, 1.54) is 12.8 Å². The van der Waals surface area contributed by atoms with Crippen LogP contribution in [0.1, 0.15) is 12.8 Å². The van der Waals surface area contributed by atoms with Crippen molar-refractivity contribution < 1.29 is 0 Å². The van der Waals surface area contributed by atoms with Crippen molar-refractivity contribution in [3.8, 4) is 0 Å². The van der Waals surface area contributed by atoms with Gasteiger partial charge in [-0.3, -0.25) is 4.68 Å². The summed E-state index contributed by atoms with van der Waals surface area (Å²) in [5.41, 5.74) is 0.871. The molecule has 1 aliphatic carbocycles. The quantitative estimate of drug-likeness (QED) is 0.774. The highest BCUT2D eigenvalue weighted by Gasteiger charge is 2.30. The van der Waals surface area contributed by atoms with E-state index in [0.717, 1.165) is 23.4 Å². The van der Waals surface area contributed by atoms with Crippen molar-refractivity contribution >= 4 is 28.5 Å². The molecule has 5 nitrogen and oxygen atoms in total. The first-order valence-electron chi connectivity index (χ1n) is 5.76. The normalized spacial score (nSPS) is 15.4. The smallest absolute Gasteiger partial charge is 0.163 e. The third-order valence-electron chi connectivity index (χ3n) is 3.09. The van der Waals surface area contributed by atoms with Crippen LogP contribution in [0.3, 0.4) is 0 Å². The standard InChI is InChI=1S/C11H14ClN5/c1-16-10-9(6-15-16)11(14-7-13-10)17(5-4-12)8-2-3-8/h6-8H,2-5H2,1H3. The van der Waals surface area contributed by atoms with Crippen molar-refractivity contribution in [2.24, 2.45) is 7.05 Å². The summed E-state index contributed by atoms with van der Waals surface area (Å²) in [6.07, 6.45) is 5.88. The molecule has 0 saturated heterocycles. The Morgan fingerprint density at radius 1 is 1.47 bits per heavy atom. The van der Waals surface area contributed by atoms with Gasteiger partial charge in [-0.1, -0.05) is 0 Å². The molecule has 3 rings (SSSR count). The van der Waals surface area contributed by atoms with Gasteiger partial charge in [0.25, 0.3) is 0 Å². The Labute approximate surface area is 104 Å². The first-order chi connectivity index (χ1) is 8.31. The van der Waals surface area contributed by atoms with Gasteiger partial charge in [0.15, 0.2) is 5.65 Å². The lowest BCUT2D eigenvalue weighted by Gasteiger charge is -2.22. The number of halogens is 1. The first kappa shape index (κ1) is 10.8. The molecule has 6 heteroatoms. The van der Waals surface area contributed by atoms with Crippen LogP contribution >= 0.6 is 11.6 Å². The largest absolute Gasteiger partial charge is 0.352 e. The second-order valence-electron chi connectivity index (χ2n) is 4.32. The molecule has 0 radical (unpaired) electrons. The Kier molecular flexibility index (Phi) is 2.63. The molecule has 2 aromatic heterocycles. The summed E-state index contributed by atoms with van der Waals surface area (Å²) < 4.78 is 1.77. The minimum Gasteiger partial charge on any atom is -0.352 e. The summed E-state index contributed by atoms with van der Waals surface area (Å²) in [6.45, 7) is 0.827. The molecule has 0 atom stereocenters. The van der Waals surface area contributed by atoms with Gasteiger partial charge in [-0.25, -0.2) is 9.97 Å². The zero-order valence-corrected chi connectivity index (χ0v) is 10.4. The topological polar surface area (TPSA) is 46.8 Å². The average Bonchev–Trinajstić information content (AvgIpc) is 3.11. The van der Waals surface area contributed by atoms with E-state index < -0.39 is 0 Å². The van der Waals surface area contributed by atoms with Gasteiger partial charge in [0.2, 0.25) is 0 Å². The van der Waals surface area contributed by atoms with Crippen LogP contribution in [0.5, 0.6) is 0 Å². The number of anilines is 1. The molecule has 1 saturated carbocycles. The molecule has 2 aromatic rings. The van der Waals surface area contributed by atoms with E-state index in [0.29, 0.717) is 11.9 Å². The summed E-state index contributed by atoms with van der Waals surface area (Å²) in [4.78, 5) is 10.9. The van der Waals surface area contributed by atoms with Crippen LogP contribution in [0, 0.1) is 0 Å². The van der Waals surface area contributed by atoms with Gasteiger partial charge < -0.3 is 4.90 Å². The van der Waals surface area contributed by atoms with E-state index >= 15 is 0 Å². The minimum atomic E-state index is 0.590. The molecule has 0 unspecified atom stereocenters. The van der Waals surface area contributed by atoms with E-state index in [1.54, 1.807) is 11.0 Å². The highest BCUT2D eigenvalue weighted by atomic mass is 35.5. The number of hydrogen-bond acceptors (Lipinski definition) is 4. The Morgan fingerprint density at radius 2 is 2.29 bits per heavy atom. The van der Waals surface area contributed by atoms with E-state index in [1.807, 2.05) is 13.2 Å². The molecule has 0 bridgehead atoms. The fraction of sp³-hybridized carbons (Fsp3) is 0.545. The van der Waals surface area contributed by atoms with Gasteiger partial charge in [0, 0.05) is 25.5 Å². The zero-order chi connectivity index (χ0) is 11.8. The van der Waals surface area contributed by atoms with Crippen LogP contribution in [-0.2, 0) is 7.05 Å². The van der Waals surface area contributed by atoms with Gasteiger partial charge in [-0.05, 0) is 12.8 Å². The van der Waals surface area contributed by atoms with Crippen molar-refractivity contribution in [3.63, 3.8) is 0 Å². The third kappa shape index (κ3) is 1.84. The molecule has 0 N–H and O–H groups in total. The lowest BCUT2D eigenvalue weighted by atomic mass is 10.3. The number of aromatic nitrogens is 4. The summed E-state index contributed by atoms with van der Waals surface area (Å²) >= 11 is 5.87. The second-order valence-corrected chi connectivity index (χ2v) is 4.69. The molecule has 1 fully saturated rings. The van der Waals surface area contributed by atoms with Crippen LogP contribution in [-0.4, -0.2) is 38.2 Å². The van der Waals surface area contributed by atoms with Crippen molar-refractivity contribution in [2.75, 3.05) is 17.3 Å². The van der Waals surface area contributed by atoms with Gasteiger partial charge in [0.1, 0.15) is 12.1 Å². The molecule has 2 heterocycles. The van der Waals surface area contributed by atoms with Gasteiger partial charge in [-0.2, -0.15) is 5.10 Å². The first-order valence-corrected chi connectivity index (χ1v) is 6.30. The summed E-state index contributed by atoms with van der Waals surface area (Å²) in [7, 11) is 1.89. The van der Waals surface area contributed by atoms with Crippen LogP contribution in [0.2, 0.25) is 0 Å². The van der Waals surface area contributed by atoms with Crippen LogP contribution in [0.25, 0.3) is 11.0 Å². The Hall–Kier alpha value is -1.36. The van der Waals surface area contributed by atoms with Crippen molar-refractivity contribution in [1.82, 2.24) is 19.7 Å². The average molecular weight is 252 g/mol. The number of alkyl halides is 1. The van der Waals surface area contributed by atoms with E-state index in [9.17, 15) is 0 Å². The Morgan fingerprint density at radius 3 is 3.00 bits per heavy atom. The monoisotopic (exact) mass is 251 g/mol. The maximum absolute atomic E-state index is 5.87. The second kappa shape index (κ2) is 4.14. The molecule has 0 aromatic carbocycles. The van der Waals surface area contributed by atoms with Crippen molar-refractivity contribution in [1.29, 1.82) is 0 Å². The number of aryl methyl sites for hydroxylation is 1. The molecule has 0 spiro atoms. The lowest BCUT2D eigenvalue weighted by molar-refractivity contribution is 0.783. The molecule has 90 valence electrons. The molecule has 0 aliphatic heterocycles. The molecule has 17 heavy (non-hydrogen) atoms. The van der Waals surface area contributed by atoms with Crippen LogP contribution in [0.15, 0.2) is 12.5 Å². The van der Waals surface area contributed by atoms with Gasteiger partial charge in [0.05, 0.1) is 11.6 Å². The number of hydrogen-bond donors (Lipinski definition) is 0. The van der Waals surface area contributed by atoms with Gasteiger partial charge in [-0.15, -0.1) is 11.6 Å². The predicted octanol–water partition coefficient (Wildman–Crippen LogP) is 1.57. The SMILES string of the molecule is Cn1ncc2c(N(CCCl)C3CC3)ncnc21. The van der Waals surface area contributed by atoms with E-state index in [2.05, 4.69) is 20.0 Å². The third-order valence-corrected chi connectivity index (χ3v) is 3.26.